The normalized spacial score (nSPS) is 13.1. The number of fused-ring (bicyclic) bond motifs is 1. The van der Waals surface area contributed by atoms with Gasteiger partial charge in [-0.05, 0) is 92.5 Å². The van der Waals surface area contributed by atoms with Crippen molar-refractivity contribution in [2.45, 2.75) is 25.2 Å². The average molecular weight is 605 g/mol. The molecule has 5 aromatic rings. The molecule has 0 bridgehead atoms. The number of rotatable bonds is 10. The lowest BCUT2D eigenvalue weighted by atomic mass is 10.0. The van der Waals surface area contributed by atoms with Crippen molar-refractivity contribution in [3.05, 3.63) is 119 Å². The molecular formula is C35H33ClN6O2. The molecule has 1 saturated carbocycles. The zero-order chi connectivity index (χ0) is 30.6. The van der Waals surface area contributed by atoms with E-state index in [1.54, 1.807) is 42.5 Å². The van der Waals surface area contributed by atoms with Crippen LogP contribution in [0.5, 0.6) is 0 Å². The third kappa shape index (κ3) is 6.88. The summed E-state index contributed by atoms with van der Waals surface area (Å²) in [5.41, 5.74) is 6.78. The summed E-state index contributed by atoms with van der Waals surface area (Å²) in [4.78, 5) is 40.2. The van der Waals surface area contributed by atoms with E-state index in [0.717, 1.165) is 40.6 Å². The van der Waals surface area contributed by atoms with Crippen molar-refractivity contribution in [3.63, 3.8) is 0 Å². The third-order valence-corrected chi connectivity index (χ3v) is 7.90. The van der Waals surface area contributed by atoms with Crippen LogP contribution in [-0.4, -0.2) is 52.3 Å². The smallest absolute Gasteiger partial charge is 0.255 e. The fourth-order valence-corrected chi connectivity index (χ4v) is 5.29. The fourth-order valence-electron chi connectivity index (χ4n) is 5.11. The van der Waals surface area contributed by atoms with Crippen LogP contribution in [0.15, 0.2) is 91.3 Å². The Morgan fingerprint density at radius 1 is 1.02 bits per heavy atom. The van der Waals surface area contributed by atoms with Crippen LogP contribution < -0.4 is 10.6 Å². The molecule has 2 heterocycles. The van der Waals surface area contributed by atoms with Gasteiger partial charge in [-0.1, -0.05) is 35.9 Å². The zero-order valence-electron chi connectivity index (χ0n) is 24.6. The van der Waals surface area contributed by atoms with Crippen LogP contribution in [0.4, 0.5) is 11.4 Å². The van der Waals surface area contributed by atoms with Gasteiger partial charge >= 0.3 is 0 Å². The number of para-hydroxylation sites is 1. The predicted octanol–water partition coefficient (Wildman–Crippen LogP) is 7.06. The summed E-state index contributed by atoms with van der Waals surface area (Å²) in [5.74, 6) is 0.658. The van der Waals surface area contributed by atoms with Crippen LogP contribution >= 0.6 is 11.6 Å². The Kier molecular flexibility index (Phi) is 8.54. The summed E-state index contributed by atoms with van der Waals surface area (Å²) in [6, 6.07) is 20.4. The SMILES string of the molecule is CN(C)C/C=C/C(=O)Nc1ccc(C(=O)Nc2ccc(Cl)c(Cc3ncc(C4CC4)c(-c4c[nH]c5ccccc45)n3)c2)cc1. The highest BCUT2D eigenvalue weighted by molar-refractivity contribution is 6.31. The number of likely N-dealkylation sites (N-methyl/N-ethyl adjacent to an activating group) is 1. The number of nitrogens with zero attached hydrogens (tertiary/aromatic N) is 3. The first-order valence-corrected chi connectivity index (χ1v) is 15.0. The van der Waals surface area contributed by atoms with Crippen LogP contribution in [-0.2, 0) is 11.2 Å². The summed E-state index contributed by atoms with van der Waals surface area (Å²) < 4.78 is 0. The Hall–Kier alpha value is -4.79. The van der Waals surface area contributed by atoms with Crippen LogP contribution in [0.3, 0.4) is 0 Å². The number of hydrogen-bond donors (Lipinski definition) is 3. The van der Waals surface area contributed by atoms with Crippen molar-refractivity contribution in [3.8, 4) is 11.3 Å². The summed E-state index contributed by atoms with van der Waals surface area (Å²) in [6.45, 7) is 0.671. The molecule has 0 unspecified atom stereocenters. The van der Waals surface area contributed by atoms with E-state index < -0.39 is 0 Å². The summed E-state index contributed by atoms with van der Waals surface area (Å²) in [6.07, 6.45) is 9.98. The Morgan fingerprint density at radius 3 is 2.57 bits per heavy atom. The highest BCUT2D eigenvalue weighted by Crippen LogP contribution is 2.44. The number of halogens is 1. The van der Waals surface area contributed by atoms with Gasteiger partial charge in [0, 0.05) is 69.9 Å². The van der Waals surface area contributed by atoms with Crippen LogP contribution in [0.25, 0.3) is 22.2 Å². The first-order valence-electron chi connectivity index (χ1n) is 14.6. The second kappa shape index (κ2) is 12.8. The Morgan fingerprint density at radius 2 is 1.80 bits per heavy atom. The van der Waals surface area contributed by atoms with Crippen LogP contribution in [0, 0.1) is 0 Å². The van der Waals surface area contributed by atoms with E-state index in [0.29, 0.717) is 46.7 Å². The van der Waals surface area contributed by atoms with Crippen molar-refractivity contribution in [2.24, 2.45) is 0 Å². The Bertz CT molecular complexity index is 1860. The third-order valence-electron chi connectivity index (χ3n) is 7.54. The number of aromatic amines is 1. The summed E-state index contributed by atoms with van der Waals surface area (Å²) in [7, 11) is 3.86. The molecule has 6 rings (SSSR count). The maximum Gasteiger partial charge on any atom is 0.255 e. The molecule has 9 heteroatoms. The lowest BCUT2D eigenvalue weighted by Gasteiger charge is -2.12. The molecule has 3 aromatic carbocycles. The predicted molar refractivity (Wildman–Crippen MR) is 176 cm³/mol. The number of amides is 2. The van der Waals surface area contributed by atoms with Gasteiger partial charge < -0.3 is 20.5 Å². The molecular weight excluding hydrogens is 572 g/mol. The number of carbonyl (C=O) groups excluding carboxylic acids is 2. The molecule has 1 aliphatic rings. The fraction of sp³-hybridized carbons (Fsp3) is 0.200. The van der Waals surface area contributed by atoms with E-state index in [1.165, 1.54) is 11.6 Å². The lowest BCUT2D eigenvalue weighted by molar-refractivity contribution is -0.111. The Balaban J connectivity index is 1.16. The standard InChI is InChI=1S/C35H33ClN6O2/c1-42(2)17-5-8-33(43)39-25-13-11-23(12-14-25)35(44)40-26-15-16-30(36)24(18-26)19-32-38-20-28(22-9-10-22)34(41-32)29-21-37-31-7-4-3-6-27(29)31/h3-8,11-16,18,20-22,37H,9-10,17,19H2,1-2H3,(H,39,43)(H,40,44)/b8-5+. The van der Waals surface area contributed by atoms with Crippen molar-refractivity contribution in [1.82, 2.24) is 19.9 Å². The van der Waals surface area contributed by atoms with E-state index in [1.807, 2.05) is 49.6 Å². The van der Waals surface area contributed by atoms with Gasteiger partial charge in [-0.2, -0.15) is 0 Å². The van der Waals surface area contributed by atoms with Gasteiger partial charge in [0.2, 0.25) is 5.91 Å². The molecule has 2 amide bonds. The molecule has 44 heavy (non-hydrogen) atoms. The number of H-pyrrole nitrogens is 1. The first-order chi connectivity index (χ1) is 21.3. The van der Waals surface area contributed by atoms with E-state index in [2.05, 4.69) is 27.8 Å². The number of anilines is 2. The van der Waals surface area contributed by atoms with E-state index >= 15 is 0 Å². The summed E-state index contributed by atoms with van der Waals surface area (Å²) >= 11 is 6.60. The van der Waals surface area contributed by atoms with Crippen LogP contribution in [0.2, 0.25) is 5.02 Å². The monoisotopic (exact) mass is 604 g/mol. The Labute approximate surface area is 261 Å². The maximum absolute atomic E-state index is 13.0. The number of hydrogen-bond acceptors (Lipinski definition) is 5. The van der Waals surface area contributed by atoms with E-state index in [9.17, 15) is 9.59 Å². The second-order valence-corrected chi connectivity index (χ2v) is 11.7. The van der Waals surface area contributed by atoms with Gasteiger partial charge in [-0.3, -0.25) is 9.59 Å². The number of carbonyl (C=O) groups is 2. The molecule has 0 radical (unpaired) electrons. The molecule has 3 N–H and O–H groups in total. The number of aromatic nitrogens is 3. The first kappa shape index (κ1) is 29.3. The average Bonchev–Trinajstić information content (AvgIpc) is 3.77. The number of nitrogens with one attached hydrogen (secondary N) is 3. The van der Waals surface area contributed by atoms with E-state index in [4.69, 9.17) is 21.6 Å². The van der Waals surface area contributed by atoms with Gasteiger partial charge in [0.25, 0.3) is 5.91 Å². The highest BCUT2D eigenvalue weighted by atomic mass is 35.5. The highest BCUT2D eigenvalue weighted by Gasteiger charge is 2.29. The van der Waals surface area contributed by atoms with Crippen molar-refractivity contribution in [1.29, 1.82) is 0 Å². The molecule has 2 aromatic heterocycles. The zero-order valence-corrected chi connectivity index (χ0v) is 25.4. The molecule has 0 saturated heterocycles. The topological polar surface area (TPSA) is 103 Å². The lowest BCUT2D eigenvalue weighted by Crippen LogP contribution is -2.14. The van der Waals surface area contributed by atoms with Crippen LogP contribution in [0.1, 0.15) is 46.1 Å². The van der Waals surface area contributed by atoms with Crippen molar-refractivity contribution >= 4 is 45.7 Å². The van der Waals surface area contributed by atoms with Crippen molar-refractivity contribution in [2.75, 3.05) is 31.3 Å². The minimum absolute atomic E-state index is 0.225. The minimum Gasteiger partial charge on any atom is -0.360 e. The molecule has 0 spiro atoms. The molecule has 222 valence electrons. The largest absolute Gasteiger partial charge is 0.360 e. The van der Waals surface area contributed by atoms with Crippen molar-refractivity contribution < 1.29 is 9.59 Å². The molecule has 1 fully saturated rings. The van der Waals surface area contributed by atoms with Gasteiger partial charge in [-0.15, -0.1) is 0 Å². The van der Waals surface area contributed by atoms with Gasteiger partial charge in [0.1, 0.15) is 5.82 Å². The minimum atomic E-state index is -0.270. The summed E-state index contributed by atoms with van der Waals surface area (Å²) in [5, 5.41) is 7.46. The van der Waals surface area contributed by atoms with Gasteiger partial charge in [0.15, 0.2) is 0 Å². The molecule has 8 nitrogen and oxygen atoms in total. The maximum atomic E-state index is 13.0. The molecule has 1 aliphatic carbocycles. The molecule has 0 atom stereocenters. The number of benzene rings is 3. The van der Waals surface area contributed by atoms with E-state index in [-0.39, 0.29) is 11.8 Å². The van der Waals surface area contributed by atoms with Gasteiger partial charge in [0.05, 0.1) is 5.69 Å². The second-order valence-electron chi connectivity index (χ2n) is 11.3. The molecule has 0 aliphatic heterocycles. The van der Waals surface area contributed by atoms with Gasteiger partial charge in [-0.25, -0.2) is 9.97 Å². The quantitative estimate of drug-likeness (QED) is 0.148.